The first-order valence-corrected chi connectivity index (χ1v) is 13.0. The third kappa shape index (κ3) is 5.22. The summed E-state index contributed by atoms with van der Waals surface area (Å²) in [4.78, 5) is 0. The van der Waals surface area contributed by atoms with E-state index in [2.05, 4.69) is 0 Å². The van der Waals surface area contributed by atoms with Gasteiger partial charge in [-0.2, -0.15) is 16.8 Å². The molecule has 0 aliphatic carbocycles. The van der Waals surface area contributed by atoms with E-state index in [4.69, 9.17) is 27.3 Å². The van der Waals surface area contributed by atoms with Gasteiger partial charge in [0.25, 0.3) is 20.2 Å². The van der Waals surface area contributed by atoms with Gasteiger partial charge in [0, 0.05) is 12.8 Å². The van der Waals surface area contributed by atoms with Crippen LogP contribution in [0.4, 0.5) is 0 Å². The molecule has 28 heavy (non-hydrogen) atoms. The summed E-state index contributed by atoms with van der Waals surface area (Å²) in [7, 11) is -7.47. The Morgan fingerprint density at radius 2 is 1.14 bits per heavy atom. The van der Waals surface area contributed by atoms with Gasteiger partial charge >= 0.3 is 0 Å². The standard InChI is InChI=1S/C16H28O10S2/c1-27(17,18)23-11-13-14(12-24-28(2,19)20)26-16(8-4-6-10-22-16)15(25-13)7-3-5-9-21-15/h13-14H,3-12H2,1-2H3/t13-,14-,15+,16+/m0/s1. The van der Waals surface area contributed by atoms with Gasteiger partial charge < -0.3 is 18.9 Å². The smallest absolute Gasteiger partial charge is 0.264 e. The molecule has 0 bridgehead atoms. The van der Waals surface area contributed by atoms with Crippen molar-refractivity contribution < 1.29 is 44.1 Å². The van der Waals surface area contributed by atoms with Crippen molar-refractivity contribution in [1.29, 1.82) is 0 Å². The zero-order valence-corrected chi connectivity index (χ0v) is 17.8. The van der Waals surface area contributed by atoms with E-state index >= 15 is 0 Å². The molecule has 12 heteroatoms. The van der Waals surface area contributed by atoms with Crippen molar-refractivity contribution in [1.82, 2.24) is 0 Å². The highest BCUT2D eigenvalue weighted by atomic mass is 32.2. The van der Waals surface area contributed by atoms with Crippen molar-refractivity contribution in [3.8, 4) is 0 Å². The Balaban J connectivity index is 1.87. The molecule has 10 nitrogen and oxygen atoms in total. The maximum absolute atomic E-state index is 11.5. The first-order chi connectivity index (χ1) is 13.0. The summed E-state index contributed by atoms with van der Waals surface area (Å²) in [5.74, 6) is -2.39. The van der Waals surface area contributed by atoms with Gasteiger partial charge in [-0.1, -0.05) is 0 Å². The Morgan fingerprint density at radius 3 is 1.43 bits per heavy atom. The van der Waals surface area contributed by atoms with Crippen LogP contribution in [0, 0.1) is 0 Å². The van der Waals surface area contributed by atoms with Gasteiger partial charge in [-0.05, 0) is 25.7 Å². The fraction of sp³-hybridized carbons (Fsp3) is 1.00. The van der Waals surface area contributed by atoms with Gasteiger partial charge in [0.15, 0.2) is 0 Å². The maximum Gasteiger partial charge on any atom is 0.264 e. The third-order valence-electron chi connectivity index (χ3n) is 5.04. The molecule has 3 heterocycles. The van der Waals surface area contributed by atoms with Crippen LogP contribution in [0.2, 0.25) is 0 Å². The van der Waals surface area contributed by atoms with E-state index < -0.39 is 44.0 Å². The summed E-state index contributed by atoms with van der Waals surface area (Å²) in [6, 6.07) is 0. The Labute approximate surface area is 166 Å². The Kier molecular flexibility index (Phi) is 6.72. The Bertz CT molecular complexity index is 671. The highest BCUT2D eigenvalue weighted by Gasteiger charge is 2.63. The molecule has 3 aliphatic heterocycles. The molecule has 0 radical (unpaired) electrons. The van der Waals surface area contributed by atoms with Crippen LogP contribution in [0.5, 0.6) is 0 Å². The SMILES string of the molecule is CS(=O)(=O)OC[C@@H]1O[C@]2(CCCCO2)[C@@]2(CCCCO2)O[C@H]1COS(C)(=O)=O. The number of rotatable bonds is 6. The summed E-state index contributed by atoms with van der Waals surface area (Å²) >= 11 is 0. The molecule has 0 aromatic rings. The Hall–Kier alpha value is -0.340. The summed E-state index contributed by atoms with van der Waals surface area (Å²) < 4.78 is 80.2. The van der Waals surface area contributed by atoms with E-state index in [1.54, 1.807) is 0 Å². The minimum Gasteiger partial charge on any atom is -0.345 e. The summed E-state index contributed by atoms with van der Waals surface area (Å²) in [6.07, 6.45) is 4.46. The van der Waals surface area contributed by atoms with Crippen molar-refractivity contribution in [3.05, 3.63) is 0 Å². The van der Waals surface area contributed by atoms with E-state index in [0.29, 0.717) is 26.1 Å². The van der Waals surface area contributed by atoms with E-state index in [9.17, 15) is 16.8 Å². The first-order valence-electron chi connectivity index (χ1n) is 9.37. The predicted octanol–water partition coefficient (Wildman–Crippen LogP) is 0.516. The molecule has 0 unspecified atom stereocenters. The second-order valence-electron chi connectivity index (χ2n) is 7.41. The van der Waals surface area contributed by atoms with Crippen LogP contribution in [-0.2, 0) is 47.5 Å². The predicted molar refractivity (Wildman–Crippen MR) is 96.4 cm³/mol. The van der Waals surface area contributed by atoms with Gasteiger partial charge in [0.2, 0.25) is 11.6 Å². The van der Waals surface area contributed by atoms with Crippen LogP contribution in [0.15, 0.2) is 0 Å². The molecule has 3 saturated heterocycles. The molecule has 3 fully saturated rings. The van der Waals surface area contributed by atoms with Crippen LogP contribution in [0.3, 0.4) is 0 Å². The topological polar surface area (TPSA) is 124 Å². The largest absolute Gasteiger partial charge is 0.345 e. The average molecular weight is 445 g/mol. The fourth-order valence-electron chi connectivity index (χ4n) is 3.81. The molecular formula is C16H28O10S2. The molecule has 164 valence electrons. The quantitative estimate of drug-likeness (QED) is 0.535. The molecular weight excluding hydrogens is 416 g/mol. The van der Waals surface area contributed by atoms with Crippen molar-refractivity contribution in [3.63, 3.8) is 0 Å². The van der Waals surface area contributed by atoms with Crippen LogP contribution in [-0.4, -0.2) is 79.6 Å². The van der Waals surface area contributed by atoms with Gasteiger partial charge in [0.1, 0.15) is 12.2 Å². The van der Waals surface area contributed by atoms with E-state index in [0.717, 1.165) is 38.2 Å². The number of ether oxygens (including phenoxy) is 4. The maximum atomic E-state index is 11.5. The highest BCUT2D eigenvalue weighted by Crippen LogP contribution is 2.49. The summed E-state index contributed by atoms with van der Waals surface area (Å²) in [5.41, 5.74) is 0. The lowest BCUT2D eigenvalue weighted by atomic mass is 9.88. The van der Waals surface area contributed by atoms with Crippen LogP contribution in [0.25, 0.3) is 0 Å². The van der Waals surface area contributed by atoms with Crippen molar-refractivity contribution in [2.24, 2.45) is 0 Å². The van der Waals surface area contributed by atoms with E-state index in [1.165, 1.54) is 0 Å². The molecule has 0 aromatic heterocycles. The summed E-state index contributed by atoms with van der Waals surface area (Å²) in [6.45, 7) is 0.215. The van der Waals surface area contributed by atoms with Crippen molar-refractivity contribution >= 4 is 20.2 Å². The minimum atomic E-state index is -3.73. The molecule has 0 amide bonds. The monoisotopic (exact) mass is 444 g/mol. The summed E-state index contributed by atoms with van der Waals surface area (Å²) in [5, 5.41) is 0. The van der Waals surface area contributed by atoms with Gasteiger partial charge in [0.05, 0.1) is 38.9 Å². The normalized spacial score (nSPS) is 37.4. The van der Waals surface area contributed by atoms with Crippen LogP contribution >= 0.6 is 0 Å². The van der Waals surface area contributed by atoms with E-state index in [-0.39, 0.29) is 13.2 Å². The second kappa shape index (κ2) is 8.42. The molecule has 4 atom stereocenters. The van der Waals surface area contributed by atoms with Gasteiger partial charge in [-0.25, -0.2) is 0 Å². The molecule has 0 saturated carbocycles. The molecule has 0 aromatic carbocycles. The third-order valence-corrected chi connectivity index (χ3v) is 6.17. The lowest BCUT2D eigenvalue weighted by molar-refractivity contribution is -0.482. The molecule has 3 rings (SSSR count). The second-order valence-corrected chi connectivity index (χ2v) is 10.7. The number of fused-ring (bicyclic) bond motifs is 1. The zero-order valence-electron chi connectivity index (χ0n) is 16.1. The van der Waals surface area contributed by atoms with Crippen molar-refractivity contribution in [2.45, 2.75) is 62.3 Å². The minimum absolute atomic E-state index is 0.349. The van der Waals surface area contributed by atoms with Crippen molar-refractivity contribution in [2.75, 3.05) is 38.9 Å². The lowest BCUT2D eigenvalue weighted by Crippen LogP contribution is -2.71. The van der Waals surface area contributed by atoms with E-state index in [1.807, 2.05) is 0 Å². The van der Waals surface area contributed by atoms with Gasteiger partial charge in [-0.3, -0.25) is 8.37 Å². The highest BCUT2D eigenvalue weighted by molar-refractivity contribution is 7.86. The molecule has 3 aliphatic rings. The molecule has 2 spiro atoms. The van der Waals surface area contributed by atoms with Gasteiger partial charge in [-0.15, -0.1) is 0 Å². The average Bonchev–Trinajstić information content (AvgIpc) is 2.62. The number of hydrogen-bond donors (Lipinski definition) is 0. The van der Waals surface area contributed by atoms with Crippen LogP contribution < -0.4 is 0 Å². The molecule has 0 N–H and O–H groups in total. The number of hydrogen-bond acceptors (Lipinski definition) is 10. The lowest BCUT2D eigenvalue weighted by Gasteiger charge is -2.57. The zero-order chi connectivity index (χ0) is 20.5. The first kappa shape index (κ1) is 22.3. The van der Waals surface area contributed by atoms with Crippen LogP contribution in [0.1, 0.15) is 38.5 Å². The Morgan fingerprint density at radius 1 is 0.750 bits per heavy atom. The fourth-order valence-corrected chi connectivity index (χ4v) is 4.57.